The Balaban J connectivity index is 1.54. The molecule has 1 N–H and O–H groups in total. The predicted octanol–water partition coefficient (Wildman–Crippen LogP) is 5.30. The van der Waals surface area contributed by atoms with Crippen molar-refractivity contribution in [2.75, 3.05) is 5.32 Å². The first-order valence-corrected chi connectivity index (χ1v) is 9.97. The van der Waals surface area contributed by atoms with Gasteiger partial charge in [-0.1, -0.05) is 42.5 Å². The number of rotatable bonds is 5. The van der Waals surface area contributed by atoms with E-state index in [9.17, 15) is 9.59 Å². The number of hydrogen-bond donors (Lipinski definition) is 1. The second kappa shape index (κ2) is 8.44. The summed E-state index contributed by atoms with van der Waals surface area (Å²) >= 11 is 0. The van der Waals surface area contributed by atoms with Crippen LogP contribution in [0.4, 0.5) is 5.69 Å². The number of esters is 1. The first kappa shape index (κ1) is 20.3. The Labute approximate surface area is 179 Å². The highest BCUT2D eigenvalue weighted by molar-refractivity contribution is 6.00. The molecule has 0 saturated carbocycles. The number of benzene rings is 3. The molecule has 156 valence electrons. The van der Waals surface area contributed by atoms with E-state index in [1.165, 1.54) is 0 Å². The number of carbonyl (C=O) groups excluding carboxylic acids is 2. The van der Waals surface area contributed by atoms with E-state index in [-0.39, 0.29) is 5.56 Å². The smallest absolute Gasteiger partial charge is 0.339 e. The average Bonchev–Trinajstić information content (AvgIpc) is 3.20. The number of hydrogen-bond acceptors (Lipinski definition) is 5. The molecule has 0 fully saturated rings. The van der Waals surface area contributed by atoms with Crippen LogP contribution in [0.1, 0.15) is 28.4 Å². The van der Waals surface area contributed by atoms with Crippen LogP contribution in [-0.2, 0) is 9.53 Å². The zero-order chi connectivity index (χ0) is 22.0. The molecule has 4 aromatic rings. The summed E-state index contributed by atoms with van der Waals surface area (Å²) < 4.78 is 11.3. The Bertz CT molecular complexity index is 1220. The Morgan fingerprint density at radius 3 is 2.35 bits per heavy atom. The summed E-state index contributed by atoms with van der Waals surface area (Å²) in [4.78, 5) is 30.0. The molecule has 1 atom stereocenters. The number of aryl methyl sites for hydroxylation is 2. The van der Waals surface area contributed by atoms with E-state index in [0.717, 1.165) is 16.8 Å². The van der Waals surface area contributed by atoms with Gasteiger partial charge in [-0.05, 0) is 56.2 Å². The van der Waals surface area contributed by atoms with Crippen molar-refractivity contribution in [2.24, 2.45) is 0 Å². The zero-order valence-corrected chi connectivity index (χ0v) is 17.5. The molecule has 6 nitrogen and oxygen atoms in total. The van der Waals surface area contributed by atoms with Gasteiger partial charge >= 0.3 is 5.97 Å². The lowest BCUT2D eigenvalue weighted by Crippen LogP contribution is -2.30. The summed E-state index contributed by atoms with van der Waals surface area (Å²) in [6.45, 7) is 5.37. The van der Waals surface area contributed by atoms with Crippen molar-refractivity contribution in [1.29, 1.82) is 0 Å². The van der Waals surface area contributed by atoms with Crippen LogP contribution >= 0.6 is 0 Å². The van der Waals surface area contributed by atoms with E-state index in [0.29, 0.717) is 22.6 Å². The second-order valence-electron chi connectivity index (χ2n) is 7.34. The maximum absolute atomic E-state index is 12.9. The SMILES string of the molecule is Cc1cccc(C)c1NC(=O)C(C)OC(=O)c1ccccc1-c1nc2ccccc2o1. The number of oxazole rings is 1. The fourth-order valence-electron chi connectivity index (χ4n) is 3.35. The molecule has 1 unspecified atom stereocenters. The molecule has 3 aromatic carbocycles. The van der Waals surface area contributed by atoms with E-state index in [2.05, 4.69) is 10.3 Å². The number of fused-ring (bicyclic) bond motifs is 1. The molecule has 0 spiro atoms. The van der Waals surface area contributed by atoms with E-state index < -0.39 is 18.0 Å². The van der Waals surface area contributed by atoms with Gasteiger partial charge in [0, 0.05) is 5.69 Å². The molecule has 4 rings (SSSR count). The number of para-hydroxylation sites is 3. The molecule has 0 aliphatic rings. The van der Waals surface area contributed by atoms with Crippen molar-refractivity contribution in [3.05, 3.63) is 83.4 Å². The van der Waals surface area contributed by atoms with Crippen LogP contribution < -0.4 is 5.32 Å². The van der Waals surface area contributed by atoms with Gasteiger partial charge in [0.05, 0.1) is 11.1 Å². The summed E-state index contributed by atoms with van der Waals surface area (Å²) in [6.07, 6.45) is -0.983. The number of aromatic nitrogens is 1. The second-order valence-corrected chi connectivity index (χ2v) is 7.34. The van der Waals surface area contributed by atoms with Crippen LogP contribution in [0.25, 0.3) is 22.6 Å². The highest BCUT2D eigenvalue weighted by atomic mass is 16.5. The van der Waals surface area contributed by atoms with Gasteiger partial charge in [-0.25, -0.2) is 9.78 Å². The minimum Gasteiger partial charge on any atom is -0.449 e. The van der Waals surface area contributed by atoms with Crippen LogP contribution in [0.3, 0.4) is 0 Å². The summed E-state index contributed by atoms with van der Waals surface area (Å²) in [5.74, 6) is -0.700. The van der Waals surface area contributed by atoms with Crippen molar-refractivity contribution in [2.45, 2.75) is 26.9 Å². The van der Waals surface area contributed by atoms with Gasteiger partial charge in [-0.15, -0.1) is 0 Å². The van der Waals surface area contributed by atoms with E-state index in [1.807, 2.05) is 56.3 Å². The van der Waals surface area contributed by atoms with Crippen LogP contribution in [0.5, 0.6) is 0 Å². The Morgan fingerprint density at radius 1 is 0.935 bits per heavy atom. The van der Waals surface area contributed by atoms with Gasteiger partial charge in [0.1, 0.15) is 5.52 Å². The number of anilines is 1. The highest BCUT2D eigenvalue weighted by Crippen LogP contribution is 2.28. The number of carbonyl (C=O) groups is 2. The molecule has 6 heteroatoms. The first-order valence-electron chi connectivity index (χ1n) is 9.97. The molecule has 1 heterocycles. The lowest BCUT2D eigenvalue weighted by Gasteiger charge is -2.16. The van der Waals surface area contributed by atoms with Gasteiger partial charge < -0.3 is 14.5 Å². The summed E-state index contributed by atoms with van der Waals surface area (Å²) in [7, 11) is 0. The summed E-state index contributed by atoms with van der Waals surface area (Å²) in [6, 6.07) is 20.0. The van der Waals surface area contributed by atoms with E-state index in [1.54, 1.807) is 31.2 Å². The van der Waals surface area contributed by atoms with E-state index >= 15 is 0 Å². The van der Waals surface area contributed by atoms with Gasteiger partial charge in [0.25, 0.3) is 5.91 Å². The minimum absolute atomic E-state index is 0.278. The third-order valence-electron chi connectivity index (χ3n) is 5.05. The van der Waals surface area contributed by atoms with Gasteiger partial charge in [0.15, 0.2) is 11.7 Å². The molecular weight excluding hydrogens is 392 g/mol. The molecule has 31 heavy (non-hydrogen) atoms. The monoisotopic (exact) mass is 414 g/mol. The first-order chi connectivity index (χ1) is 14.9. The molecule has 0 bridgehead atoms. The number of nitrogens with zero attached hydrogens (tertiary/aromatic N) is 1. The Morgan fingerprint density at radius 2 is 1.61 bits per heavy atom. The van der Waals surface area contributed by atoms with Crippen LogP contribution in [-0.4, -0.2) is 23.0 Å². The largest absolute Gasteiger partial charge is 0.449 e. The topological polar surface area (TPSA) is 81.4 Å². The normalized spacial score (nSPS) is 11.8. The molecule has 1 aromatic heterocycles. The fourth-order valence-corrected chi connectivity index (χ4v) is 3.35. The van der Waals surface area contributed by atoms with Crippen molar-refractivity contribution in [1.82, 2.24) is 4.98 Å². The molecule has 1 amide bonds. The predicted molar refractivity (Wildman–Crippen MR) is 119 cm³/mol. The standard InChI is InChI=1S/C25H22N2O4/c1-15-9-8-10-16(2)22(15)27-23(28)17(3)30-25(29)19-12-5-4-11-18(19)24-26-20-13-6-7-14-21(20)31-24/h4-14,17H,1-3H3,(H,27,28). The van der Waals surface area contributed by atoms with Gasteiger partial charge in [0.2, 0.25) is 5.89 Å². The Hall–Kier alpha value is -3.93. The van der Waals surface area contributed by atoms with Crippen molar-refractivity contribution < 1.29 is 18.7 Å². The van der Waals surface area contributed by atoms with Crippen LogP contribution in [0.15, 0.2) is 71.1 Å². The third kappa shape index (κ3) is 4.19. The summed E-state index contributed by atoms with van der Waals surface area (Å²) in [5.41, 5.74) is 4.71. The number of ether oxygens (including phenoxy) is 1. The van der Waals surface area contributed by atoms with Crippen molar-refractivity contribution in [3.8, 4) is 11.5 Å². The highest BCUT2D eigenvalue weighted by Gasteiger charge is 2.23. The molecular formula is C25H22N2O4. The molecule has 0 aliphatic carbocycles. The quantitative estimate of drug-likeness (QED) is 0.449. The summed E-state index contributed by atoms with van der Waals surface area (Å²) in [5, 5.41) is 2.85. The van der Waals surface area contributed by atoms with Gasteiger partial charge in [-0.2, -0.15) is 0 Å². The lowest BCUT2D eigenvalue weighted by atomic mass is 10.1. The number of amides is 1. The lowest BCUT2D eigenvalue weighted by molar-refractivity contribution is -0.123. The molecule has 0 aliphatic heterocycles. The fraction of sp³-hybridized carbons (Fsp3) is 0.160. The zero-order valence-electron chi connectivity index (χ0n) is 17.5. The van der Waals surface area contributed by atoms with Crippen molar-refractivity contribution in [3.63, 3.8) is 0 Å². The van der Waals surface area contributed by atoms with Crippen LogP contribution in [0, 0.1) is 13.8 Å². The minimum atomic E-state index is -0.983. The number of nitrogens with one attached hydrogen (secondary N) is 1. The maximum Gasteiger partial charge on any atom is 0.339 e. The van der Waals surface area contributed by atoms with Crippen LogP contribution in [0.2, 0.25) is 0 Å². The molecule has 0 radical (unpaired) electrons. The van der Waals surface area contributed by atoms with Crippen molar-refractivity contribution >= 4 is 28.7 Å². The van der Waals surface area contributed by atoms with E-state index in [4.69, 9.17) is 9.15 Å². The Kier molecular flexibility index (Phi) is 5.54. The maximum atomic E-state index is 12.9. The van der Waals surface area contributed by atoms with Gasteiger partial charge in [-0.3, -0.25) is 4.79 Å². The average molecular weight is 414 g/mol. The molecule has 0 saturated heterocycles. The third-order valence-corrected chi connectivity index (χ3v) is 5.05.